The van der Waals surface area contributed by atoms with Crippen molar-refractivity contribution in [3.05, 3.63) is 48.0 Å². The van der Waals surface area contributed by atoms with E-state index in [-0.39, 0.29) is 0 Å². The monoisotopic (exact) mass is 146 g/mol. The van der Waals surface area contributed by atoms with Gasteiger partial charge in [0.25, 0.3) is 0 Å². The van der Waals surface area contributed by atoms with E-state index in [2.05, 4.69) is 6.58 Å². The zero-order valence-electron chi connectivity index (χ0n) is 6.51. The molecule has 0 atom stereocenters. The molecule has 0 fully saturated rings. The molecule has 0 aliphatic heterocycles. The van der Waals surface area contributed by atoms with Crippen LogP contribution in [0.25, 0.3) is 0 Å². The van der Waals surface area contributed by atoms with Crippen LogP contribution in [-0.4, -0.2) is 0 Å². The SMILES string of the molecule is C=CCc1ccccc1C[NH]. The lowest BCUT2D eigenvalue weighted by molar-refractivity contribution is 0.996. The van der Waals surface area contributed by atoms with E-state index in [1.54, 1.807) is 0 Å². The van der Waals surface area contributed by atoms with Gasteiger partial charge in [-0.1, -0.05) is 30.3 Å². The van der Waals surface area contributed by atoms with Crippen LogP contribution >= 0.6 is 0 Å². The lowest BCUT2D eigenvalue weighted by Gasteiger charge is -2.02. The number of benzene rings is 1. The van der Waals surface area contributed by atoms with Crippen molar-refractivity contribution in [3.8, 4) is 0 Å². The summed E-state index contributed by atoms with van der Waals surface area (Å²) in [6.45, 7) is 4.04. The molecule has 0 aliphatic carbocycles. The first-order chi connectivity index (χ1) is 5.38. The first-order valence-electron chi connectivity index (χ1n) is 3.70. The average molecular weight is 146 g/mol. The molecule has 0 aliphatic rings. The fourth-order valence-corrected chi connectivity index (χ4v) is 1.08. The van der Waals surface area contributed by atoms with Crippen LogP contribution in [0.1, 0.15) is 11.1 Å². The van der Waals surface area contributed by atoms with E-state index in [9.17, 15) is 0 Å². The molecular weight excluding hydrogens is 134 g/mol. The summed E-state index contributed by atoms with van der Waals surface area (Å²) >= 11 is 0. The topological polar surface area (TPSA) is 23.8 Å². The van der Waals surface area contributed by atoms with Gasteiger partial charge in [-0.25, -0.2) is 0 Å². The second-order valence-corrected chi connectivity index (χ2v) is 2.44. The maximum absolute atomic E-state index is 7.23. The highest BCUT2D eigenvalue weighted by atomic mass is 14.5. The second-order valence-electron chi connectivity index (χ2n) is 2.44. The van der Waals surface area contributed by atoms with Gasteiger partial charge in [-0.3, -0.25) is 5.73 Å². The smallest absolute Gasteiger partial charge is 0.0354 e. The lowest BCUT2D eigenvalue weighted by atomic mass is 10.1. The van der Waals surface area contributed by atoms with Crippen molar-refractivity contribution < 1.29 is 0 Å². The van der Waals surface area contributed by atoms with Crippen LogP contribution in [0.15, 0.2) is 36.9 Å². The van der Waals surface area contributed by atoms with Crippen LogP contribution in [0.5, 0.6) is 0 Å². The summed E-state index contributed by atoms with van der Waals surface area (Å²) in [6.07, 6.45) is 2.74. The molecule has 1 rings (SSSR count). The first kappa shape index (κ1) is 8.02. The highest BCUT2D eigenvalue weighted by Gasteiger charge is 1.95. The predicted octanol–water partition coefficient (Wildman–Crippen LogP) is 2.20. The fourth-order valence-electron chi connectivity index (χ4n) is 1.08. The Labute approximate surface area is 67.5 Å². The molecule has 1 radical (unpaired) electrons. The van der Waals surface area contributed by atoms with E-state index < -0.39 is 0 Å². The molecule has 1 N–H and O–H groups in total. The van der Waals surface area contributed by atoms with Gasteiger partial charge in [0.05, 0.1) is 0 Å². The van der Waals surface area contributed by atoms with Gasteiger partial charge < -0.3 is 0 Å². The fraction of sp³-hybridized carbons (Fsp3) is 0.200. The molecule has 0 saturated heterocycles. The Kier molecular flexibility index (Phi) is 2.87. The van der Waals surface area contributed by atoms with Gasteiger partial charge in [0.1, 0.15) is 0 Å². The Morgan fingerprint density at radius 2 is 1.91 bits per heavy atom. The van der Waals surface area contributed by atoms with E-state index >= 15 is 0 Å². The number of hydrogen-bond acceptors (Lipinski definition) is 0. The van der Waals surface area contributed by atoms with Gasteiger partial charge in [-0.2, -0.15) is 0 Å². The van der Waals surface area contributed by atoms with E-state index in [1.165, 1.54) is 5.56 Å². The highest BCUT2D eigenvalue weighted by Crippen LogP contribution is 2.08. The third-order valence-electron chi connectivity index (χ3n) is 1.67. The third-order valence-corrected chi connectivity index (χ3v) is 1.67. The molecule has 0 aromatic heterocycles. The highest BCUT2D eigenvalue weighted by molar-refractivity contribution is 5.28. The van der Waals surface area contributed by atoms with Gasteiger partial charge in [0.15, 0.2) is 0 Å². The van der Waals surface area contributed by atoms with Crippen molar-refractivity contribution in [2.75, 3.05) is 0 Å². The zero-order valence-corrected chi connectivity index (χ0v) is 6.51. The van der Waals surface area contributed by atoms with Gasteiger partial charge in [0.2, 0.25) is 0 Å². The summed E-state index contributed by atoms with van der Waals surface area (Å²) in [5.74, 6) is 0. The molecule has 1 nitrogen and oxygen atoms in total. The third kappa shape index (κ3) is 1.92. The predicted molar refractivity (Wildman–Crippen MR) is 47.1 cm³/mol. The van der Waals surface area contributed by atoms with Crippen molar-refractivity contribution in [2.24, 2.45) is 0 Å². The quantitative estimate of drug-likeness (QED) is 0.584. The Morgan fingerprint density at radius 3 is 2.45 bits per heavy atom. The van der Waals surface area contributed by atoms with Gasteiger partial charge in [-0.05, 0) is 17.5 Å². The molecule has 0 bridgehead atoms. The summed E-state index contributed by atoms with van der Waals surface area (Å²) in [5.41, 5.74) is 9.55. The Balaban J connectivity index is 2.92. The number of hydrogen-bond donors (Lipinski definition) is 0. The van der Waals surface area contributed by atoms with Crippen LogP contribution in [0.3, 0.4) is 0 Å². The lowest BCUT2D eigenvalue weighted by Crippen LogP contribution is -1.92. The standard InChI is InChI=1S/C10H12N/c1-2-5-9-6-3-4-7-10(9)8-11/h2-4,6-7,11H,1,5,8H2. The molecule has 0 amide bonds. The van der Waals surface area contributed by atoms with E-state index in [4.69, 9.17) is 5.73 Å². The van der Waals surface area contributed by atoms with Gasteiger partial charge >= 0.3 is 0 Å². The largest absolute Gasteiger partial charge is 0.253 e. The van der Waals surface area contributed by atoms with Crippen molar-refractivity contribution in [3.63, 3.8) is 0 Å². The van der Waals surface area contributed by atoms with Crippen molar-refractivity contribution in [2.45, 2.75) is 13.0 Å². The van der Waals surface area contributed by atoms with Crippen LogP contribution in [0.2, 0.25) is 0 Å². The summed E-state index contributed by atoms with van der Waals surface area (Å²) in [4.78, 5) is 0. The first-order valence-corrected chi connectivity index (χ1v) is 3.70. The average Bonchev–Trinajstić information content (AvgIpc) is 2.06. The summed E-state index contributed by atoms with van der Waals surface area (Å²) in [5, 5.41) is 0. The summed E-state index contributed by atoms with van der Waals surface area (Å²) < 4.78 is 0. The van der Waals surface area contributed by atoms with E-state index in [0.717, 1.165) is 12.0 Å². The molecule has 1 heteroatoms. The van der Waals surface area contributed by atoms with Crippen LogP contribution in [0, 0.1) is 0 Å². The maximum atomic E-state index is 7.23. The Bertz CT molecular complexity index is 240. The minimum absolute atomic E-state index is 0.365. The number of allylic oxidation sites excluding steroid dienone is 1. The minimum atomic E-state index is 0.365. The molecule has 1 aromatic carbocycles. The molecule has 11 heavy (non-hydrogen) atoms. The molecule has 0 heterocycles. The minimum Gasteiger partial charge on any atom is -0.253 e. The van der Waals surface area contributed by atoms with Gasteiger partial charge in [-0.15, -0.1) is 6.58 Å². The van der Waals surface area contributed by atoms with Crippen LogP contribution < -0.4 is 5.73 Å². The van der Waals surface area contributed by atoms with Crippen molar-refractivity contribution in [1.82, 2.24) is 5.73 Å². The number of rotatable bonds is 3. The molecule has 57 valence electrons. The molecular formula is C10H12N. The molecule has 0 spiro atoms. The Hall–Kier alpha value is -1.08. The summed E-state index contributed by atoms with van der Waals surface area (Å²) in [6, 6.07) is 8.01. The number of nitrogens with one attached hydrogen (secondary N) is 1. The van der Waals surface area contributed by atoms with Crippen molar-refractivity contribution in [1.29, 1.82) is 0 Å². The maximum Gasteiger partial charge on any atom is 0.0354 e. The van der Waals surface area contributed by atoms with E-state index in [0.29, 0.717) is 6.54 Å². The van der Waals surface area contributed by atoms with E-state index in [1.807, 2.05) is 30.3 Å². The molecule has 0 saturated carbocycles. The molecule has 0 unspecified atom stereocenters. The molecule has 1 aromatic rings. The zero-order chi connectivity index (χ0) is 8.10. The second kappa shape index (κ2) is 3.94. The normalized spacial score (nSPS) is 9.55. The van der Waals surface area contributed by atoms with Crippen LogP contribution in [0.4, 0.5) is 0 Å². The summed E-state index contributed by atoms with van der Waals surface area (Å²) in [7, 11) is 0. The Morgan fingerprint density at radius 1 is 1.27 bits per heavy atom. The van der Waals surface area contributed by atoms with Crippen molar-refractivity contribution >= 4 is 0 Å². The van der Waals surface area contributed by atoms with Crippen LogP contribution in [-0.2, 0) is 13.0 Å². The van der Waals surface area contributed by atoms with Gasteiger partial charge in [0, 0.05) is 6.54 Å².